The fourth-order valence-electron chi connectivity index (χ4n) is 3.32. The van der Waals surface area contributed by atoms with Crippen LogP contribution in [0, 0.1) is 0 Å². The Morgan fingerprint density at radius 2 is 1.79 bits per heavy atom. The zero-order valence-corrected chi connectivity index (χ0v) is 16.2. The van der Waals surface area contributed by atoms with Crippen LogP contribution in [-0.2, 0) is 22.6 Å². The van der Waals surface area contributed by atoms with Crippen LogP contribution in [0.15, 0.2) is 48.5 Å². The summed E-state index contributed by atoms with van der Waals surface area (Å²) in [6.45, 7) is 5.84. The van der Waals surface area contributed by atoms with Crippen LogP contribution in [0.3, 0.4) is 0 Å². The van der Waals surface area contributed by atoms with Gasteiger partial charge in [0.25, 0.3) is 0 Å². The van der Waals surface area contributed by atoms with Gasteiger partial charge in [-0.05, 0) is 55.2 Å². The Morgan fingerprint density at radius 1 is 1.04 bits per heavy atom. The summed E-state index contributed by atoms with van der Waals surface area (Å²) in [4.78, 5) is 26.3. The van der Waals surface area contributed by atoms with Gasteiger partial charge in [-0.2, -0.15) is 0 Å². The first kappa shape index (κ1) is 19.9. The molecular formula is C22H27N3O3. The van der Waals surface area contributed by atoms with Crippen LogP contribution in [-0.4, -0.2) is 43.0 Å². The Hall–Kier alpha value is -2.86. The third-order valence-electron chi connectivity index (χ3n) is 4.78. The Balaban J connectivity index is 1.35. The highest BCUT2D eigenvalue weighted by atomic mass is 16.5. The number of ether oxygens (including phenoxy) is 1. The molecule has 0 atom stereocenters. The van der Waals surface area contributed by atoms with Gasteiger partial charge in [0.1, 0.15) is 5.75 Å². The maximum absolute atomic E-state index is 12.0. The lowest BCUT2D eigenvalue weighted by Crippen LogP contribution is -2.37. The summed E-state index contributed by atoms with van der Waals surface area (Å²) in [5, 5.41) is 5.29. The monoisotopic (exact) mass is 381 g/mol. The molecule has 2 amide bonds. The molecule has 2 N–H and O–H groups in total. The van der Waals surface area contributed by atoms with E-state index >= 15 is 0 Å². The smallest absolute Gasteiger partial charge is 0.313 e. The number of nitrogens with zero attached hydrogens (tertiary/aromatic N) is 1. The molecule has 0 saturated carbocycles. The summed E-state index contributed by atoms with van der Waals surface area (Å²) in [5.41, 5.74) is 3.38. The van der Waals surface area contributed by atoms with Gasteiger partial charge in [0, 0.05) is 31.9 Å². The number of rotatable bonds is 7. The van der Waals surface area contributed by atoms with Crippen molar-refractivity contribution in [2.75, 3.05) is 31.6 Å². The van der Waals surface area contributed by atoms with Crippen molar-refractivity contribution in [3.63, 3.8) is 0 Å². The van der Waals surface area contributed by atoms with Gasteiger partial charge in [-0.3, -0.25) is 14.5 Å². The Kier molecular flexibility index (Phi) is 7.03. The number of nitrogens with one attached hydrogen (secondary N) is 2. The summed E-state index contributed by atoms with van der Waals surface area (Å²) in [5.74, 6) is -0.542. The molecule has 0 bridgehead atoms. The third kappa shape index (κ3) is 5.57. The summed E-state index contributed by atoms with van der Waals surface area (Å²) >= 11 is 0. The van der Waals surface area contributed by atoms with E-state index in [1.807, 2.05) is 6.92 Å². The summed E-state index contributed by atoms with van der Waals surface area (Å²) in [7, 11) is 0. The van der Waals surface area contributed by atoms with Crippen LogP contribution < -0.4 is 15.4 Å². The zero-order valence-electron chi connectivity index (χ0n) is 16.2. The van der Waals surface area contributed by atoms with E-state index < -0.39 is 11.8 Å². The molecule has 1 aliphatic rings. The topological polar surface area (TPSA) is 70.7 Å². The fourth-order valence-corrected chi connectivity index (χ4v) is 3.32. The summed E-state index contributed by atoms with van der Waals surface area (Å²) in [6, 6.07) is 15.5. The fraction of sp³-hybridized carbons (Fsp3) is 0.364. The molecule has 1 heterocycles. The van der Waals surface area contributed by atoms with E-state index in [4.69, 9.17) is 4.74 Å². The molecule has 0 unspecified atom stereocenters. The molecule has 0 aromatic heterocycles. The zero-order chi connectivity index (χ0) is 19.8. The van der Waals surface area contributed by atoms with Crippen LogP contribution in [0.4, 0.5) is 5.69 Å². The number of carbonyl (C=O) groups is 2. The average molecular weight is 381 g/mol. The van der Waals surface area contributed by atoms with E-state index in [0.29, 0.717) is 18.8 Å². The third-order valence-corrected chi connectivity index (χ3v) is 4.78. The van der Waals surface area contributed by atoms with E-state index in [0.717, 1.165) is 38.2 Å². The molecule has 28 heavy (non-hydrogen) atoms. The predicted molar refractivity (Wildman–Crippen MR) is 109 cm³/mol. The quantitative estimate of drug-likeness (QED) is 0.571. The van der Waals surface area contributed by atoms with Crippen molar-refractivity contribution in [1.29, 1.82) is 0 Å². The maximum Gasteiger partial charge on any atom is 0.313 e. The van der Waals surface area contributed by atoms with Gasteiger partial charge < -0.3 is 15.4 Å². The number of benzene rings is 2. The van der Waals surface area contributed by atoms with Crippen molar-refractivity contribution in [1.82, 2.24) is 10.2 Å². The first-order chi connectivity index (χ1) is 13.7. The summed E-state index contributed by atoms with van der Waals surface area (Å²) < 4.78 is 5.35. The maximum atomic E-state index is 12.0. The Morgan fingerprint density at radius 3 is 2.54 bits per heavy atom. The van der Waals surface area contributed by atoms with E-state index in [1.54, 1.807) is 24.3 Å². The second-order valence-electron chi connectivity index (χ2n) is 6.82. The van der Waals surface area contributed by atoms with Crippen molar-refractivity contribution < 1.29 is 14.3 Å². The molecule has 3 rings (SSSR count). The van der Waals surface area contributed by atoms with Crippen molar-refractivity contribution in [3.05, 3.63) is 59.7 Å². The molecule has 0 spiro atoms. The molecule has 0 aliphatic carbocycles. The van der Waals surface area contributed by atoms with Crippen molar-refractivity contribution >= 4 is 17.5 Å². The molecular weight excluding hydrogens is 354 g/mol. The SMILES string of the molecule is CCOc1ccc(NC(=O)C(=O)NCCCN2CCc3ccccc3C2)cc1. The van der Waals surface area contributed by atoms with Gasteiger partial charge in [0.2, 0.25) is 0 Å². The predicted octanol–water partition coefficient (Wildman–Crippen LogP) is 2.59. The molecule has 2 aromatic carbocycles. The Bertz CT molecular complexity index is 805. The first-order valence-electron chi connectivity index (χ1n) is 9.77. The van der Waals surface area contributed by atoms with E-state index in [-0.39, 0.29) is 0 Å². The lowest BCUT2D eigenvalue weighted by Gasteiger charge is -2.28. The van der Waals surface area contributed by atoms with E-state index in [2.05, 4.69) is 39.8 Å². The minimum absolute atomic E-state index is 0.480. The van der Waals surface area contributed by atoms with Crippen molar-refractivity contribution in [2.45, 2.75) is 26.3 Å². The summed E-state index contributed by atoms with van der Waals surface area (Å²) in [6.07, 6.45) is 1.87. The number of hydrogen-bond donors (Lipinski definition) is 2. The standard InChI is InChI=1S/C22H27N3O3/c1-2-28-20-10-8-19(9-11-20)24-22(27)21(26)23-13-5-14-25-15-12-17-6-3-4-7-18(17)16-25/h3-4,6-11H,2,5,12-16H2,1H3,(H,23,26)(H,24,27). The van der Waals surface area contributed by atoms with E-state index in [9.17, 15) is 9.59 Å². The Labute approximate surface area is 165 Å². The van der Waals surface area contributed by atoms with Crippen LogP contribution >= 0.6 is 0 Å². The molecule has 6 heteroatoms. The highest BCUT2D eigenvalue weighted by Crippen LogP contribution is 2.18. The number of carbonyl (C=O) groups excluding carboxylic acids is 2. The largest absolute Gasteiger partial charge is 0.494 e. The first-order valence-corrected chi connectivity index (χ1v) is 9.77. The van der Waals surface area contributed by atoms with Gasteiger partial charge >= 0.3 is 11.8 Å². The lowest BCUT2D eigenvalue weighted by atomic mass is 10.00. The minimum Gasteiger partial charge on any atom is -0.494 e. The van der Waals surface area contributed by atoms with Crippen LogP contribution in [0.5, 0.6) is 5.75 Å². The highest BCUT2D eigenvalue weighted by Gasteiger charge is 2.16. The lowest BCUT2D eigenvalue weighted by molar-refractivity contribution is -0.136. The molecule has 6 nitrogen and oxygen atoms in total. The minimum atomic E-state index is -0.656. The normalized spacial score (nSPS) is 13.5. The molecule has 2 aromatic rings. The molecule has 0 radical (unpaired) electrons. The van der Waals surface area contributed by atoms with E-state index in [1.165, 1.54) is 11.1 Å². The number of fused-ring (bicyclic) bond motifs is 1. The van der Waals surface area contributed by atoms with Gasteiger partial charge in [-0.15, -0.1) is 0 Å². The molecule has 148 valence electrons. The van der Waals surface area contributed by atoms with Gasteiger partial charge in [0.05, 0.1) is 6.61 Å². The van der Waals surface area contributed by atoms with Crippen molar-refractivity contribution in [3.8, 4) is 5.75 Å². The van der Waals surface area contributed by atoms with Gasteiger partial charge in [-0.25, -0.2) is 0 Å². The molecule has 1 aliphatic heterocycles. The van der Waals surface area contributed by atoms with Gasteiger partial charge in [-0.1, -0.05) is 24.3 Å². The van der Waals surface area contributed by atoms with Gasteiger partial charge in [0.15, 0.2) is 0 Å². The molecule has 0 saturated heterocycles. The molecule has 0 fully saturated rings. The second kappa shape index (κ2) is 9.90. The van der Waals surface area contributed by atoms with Crippen LogP contribution in [0.2, 0.25) is 0 Å². The number of hydrogen-bond acceptors (Lipinski definition) is 4. The number of amides is 2. The average Bonchev–Trinajstić information content (AvgIpc) is 2.72. The van der Waals surface area contributed by atoms with Crippen molar-refractivity contribution in [2.24, 2.45) is 0 Å². The van der Waals surface area contributed by atoms with Crippen LogP contribution in [0.1, 0.15) is 24.5 Å². The highest BCUT2D eigenvalue weighted by molar-refractivity contribution is 6.39. The second-order valence-corrected chi connectivity index (χ2v) is 6.82. The number of anilines is 1. The van der Waals surface area contributed by atoms with Crippen LogP contribution in [0.25, 0.3) is 0 Å².